The topological polar surface area (TPSA) is 113 Å². The zero-order chi connectivity index (χ0) is 29.4. The van der Waals surface area contributed by atoms with Gasteiger partial charge < -0.3 is 20.5 Å². The van der Waals surface area contributed by atoms with Gasteiger partial charge in [0.25, 0.3) is 5.56 Å². The van der Waals surface area contributed by atoms with E-state index in [4.69, 9.17) is 15.2 Å². The minimum absolute atomic E-state index is 0.00558. The number of nitrogens with zero attached hydrogens (tertiary/aromatic N) is 1. The zero-order valence-corrected chi connectivity index (χ0v) is 23.6. The van der Waals surface area contributed by atoms with Crippen molar-refractivity contribution < 1.29 is 23.5 Å². The Balaban J connectivity index is 1.32. The number of aromatic nitrogens is 1. The minimum atomic E-state index is -0.451. The maximum absolute atomic E-state index is 13.3. The Morgan fingerprint density at radius 2 is 1.71 bits per heavy atom. The molecule has 4 rings (SSSR count). The number of carbonyl (C=O) groups excluding carboxylic acids is 2. The van der Waals surface area contributed by atoms with E-state index in [1.54, 1.807) is 24.3 Å². The minimum Gasteiger partial charge on any atom is -0.494 e. The fourth-order valence-corrected chi connectivity index (χ4v) is 4.99. The van der Waals surface area contributed by atoms with E-state index in [1.807, 2.05) is 0 Å². The number of carbonyl (C=O) groups is 2. The smallest absolute Gasteiger partial charge is 0.323 e. The van der Waals surface area contributed by atoms with Gasteiger partial charge in [-0.25, -0.2) is 4.39 Å². The summed E-state index contributed by atoms with van der Waals surface area (Å²) in [6.45, 7) is 5.22. The van der Waals surface area contributed by atoms with Gasteiger partial charge in [0.2, 0.25) is 0 Å². The van der Waals surface area contributed by atoms with Crippen LogP contribution in [-0.2, 0) is 9.53 Å². The van der Waals surface area contributed by atoms with Crippen LogP contribution in [0, 0.1) is 11.7 Å². The van der Waals surface area contributed by atoms with E-state index in [9.17, 15) is 18.8 Å². The van der Waals surface area contributed by atoms with E-state index in [2.05, 4.69) is 19.2 Å². The van der Waals surface area contributed by atoms with Crippen LogP contribution in [0.15, 0.2) is 65.5 Å². The second-order valence-electron chi connectivity index (χ2n) is 10.8. The fraction of sp³-hybridized carbons (Fsp3) is 0.406. The lowest BCUT2D eigenvalue weighted by Gasteiger charge is -2.21. The number of nitrogens with two attached hydrogens (primary N) is 1. The van der Waals surface area contributed by atoms with Crippen molar-refractivity contribution in [2.75, 3.05) is 18.9 Å². The first kappa shape index (κ1) is 30.0. The maximum Gasteiger partial charge on any atom is 0.323 e. The first-order chi connectivity index (χ1) is 19.7. The first-order valence-electron chi connectivity index (χ1n) is 14.2. The Labute approximate surface area is 239 Å². The van der Waals surface area contributed by atoms with Crippen molar-refractivity contribution in [2.24, 2.45) is 5.92 Å². The summed E-state index contributed by atoms with van der Waals surface area (Å²) in [7, 11) is 0. The van der Waals surface area contributed by atoms with Crippen molar-refractivity contribution in [3.63, 3.8) is 0 Å². The van der Waals surface area contributed by atoms with Crippen molar-refractivity contribution in [1.82, 2.24) is 9.88 Å². The van der Waals surface area contributed by atoms with Crippen molar-refractivity contribution >= 4 is 17.6 Å². The highest BCUT2D eigenvalue weighted by molar-refractivity contribution is 6.11. The molecule has 0 amide bonds. The van der Waals surface area contributed by atoms with Crippen LogP contribution in [0.2, 0.25) is 0 Å². The van der Waals surface area contributed by atoms with Gasteiger partial charge in [-0.2, -0.15) is 0 Å². The molecule has 3 aromatic rings. The highest BCUT2D eigenvalue weighted by Crippen LogP contribution is 2.23. The maximum atomic E-state index is 13.3. The van der Waals surface area contributed by atoms with E-state index in [0.717, 1.165) is 25.7 Å². The highest BCUT2D eigenvalue weighted by Gasteiger charge is 2.26. The molecule has 1 aliphatic rings. The van der Waals surface area contributed by atoms with Gasteiger partial charge in [0.15, 0.2) is 5.78 Å². The largest absolute Gasteiger partial charge is 0.494 e. The molecular formula is C32H38FN3O5. The molecule has 0 aliphatic heterocycles. The third kappa shape index (κ3) is 8.04. The van der Waals surface area contributed by atoms with Crippen LogP contribution in [0.3, 0.4) is 0 Å². The van der Waals surface area contributed by atoms with E-state index >= 15 is 0 Å². The number of anilines is 1. The molecule has 0 bridgehead atoms. The summed E-state index contributed by atoms with van der Waals surface area (Å²) in [5, 5.41) is 3.33. The average Bonchev–Trinajstić information content (AvgIpc) is 3.46. The van der Waals surface area contributed by atoms with Gasteiger partial charge in [-0.3, -0.25) is 19.0 Å². The van der Waals surface area contributed by atoms with Crippen LogP contribution >= 0.6 is 0 Å². The SMILES string of the molecule is CC(C)C[C@H](NCCCOc1ccc(-n2c(N)c(C(=O)c3ccc(F)cc3)ccc2=O)cc1)C(=O)OC1CCCC1. The molecule has 1 aromatic heterocycles. The lowest BCUT2D eigenvalue weighted by atomic mass is 10.0. The van der Waals surface area contributed by atoms with Crippen molar-refractivity contribution in [2.45, 2.75) is 64.5 Å². The Morgan fingerprint density at radius 3 is 2.37 bits per heavy atom. The molecule has 0 unspecified atom stereocenters. The molecule has 1 atom stereocenters. The molecule has 1 heterocycles. The van der Waals surface area contributed by atoms with Crippen molar-refractivity contribution in [3.8, 4) is 11.4 Å². The number of hydrogen-bond acceptors (Lipinski definition) is 7. The van der Waals surface area contributed by atoms with Crippen LogP contribution < -0.4 is 21.3 Å². The van der Waals surface area contributed by atoms with Gasteiger partial charge in [-0.1, -0.05) is 13.8 Å². The predicted molar refractivity (Wildman–Crippen MR) is 156 cm³/mol. The second kappa shape index (κ2) is 14.1. The number of nitrogen functional groups attached to an aromatic ring is 1. The van der Waals surface area contributed by atoms with Crippen molar-refractivity contribution in [3.05, 3.63) is 88.0 Å². The van der Waals surface area contributed by atoms with Crippen molar-refractivity contribution in [1.29, 1.82) is 0 Å². The monoisotopic (exact) mass is 563 g/mol. The zero-order valence-electron chi connectivity index (χ0n) is 23.6. The standard InChI is InChI=1S/C32H38FN3O5/c1-21(2)20-28(32(39)41-26-6-3-4-7-26)35-18-5-19-40-25-14-12-24(13-15-25)36-29(37)17-16-27(31(36)34)30(38)22-8-10-23(33)11-9-22/h8-17,21,26,28,35H,3-7,18-20,34H2,1-2H3/t28-/m0/s1. The lowest BCUT2D eigenvalue weighted by Crippen LogP contribution is -2.41. The molecule has 218 valence electrons. The third-order valence-electron chi connectivity index (χ3n) is 7.13. The number of halogens is 1. The first-order valence-corrected chi connectivity index (χ1v) is 14.2. The normalized spacial score (nSPS) is 14.2. The van der Waals surface area contributed by atoms with Crippen LogP contribution in [0.25, 0.3) is 5.69 Å². The molecule has 9 heteroatoms. The Kier molecular flexibility index (Phi) is 10.3. The van der Waals surface area contributed by atoms with Gasteiger partial charge in [0.05, 0.1) is 17.9 Å². The molecule has 41 heavy (non-hydrogen) atoms. The number of hydrogen-bond donors (Lipinski definition) is 2. The molecule has 0 saturated heterocycles. The molecular weight excluding hydrogens is 525 g/mol. The number of ketones is 1. The van der Waals surface area contributed by atoms with Gasteiger partial charge in [-0.15, -0.1) is 0 Å². The number of nitrogens with one attached hydrogen (secondary N) is 1. The van der Waals surface area contributed by atoms with Gasteiger partial charge in [-0.05, 0) is 106 Å². The number of benzene rings is 2. The summed E-state index contributed by atoms with van der Waals surface area (Å²) >= 11 is 0. The summed E-state index contributed by atoms with van der Waals surface area (Å²) < 4.78 is 26.1. The van der Waals surface area contributed by atoms with Crippen LogP contribution in [0.1, 0.15) is 68.3 Å². The Hall–Kier alpha value is -3.98. The number of esters is 1. The van der Waals surface area contributed by atoms with Gasteiger partial charge in [0, 0.05) is 11.6 Å². The number of rotatable bonds is 13. The van der Waals surface area contributed by atoms with E-state index in [-0.39, 0.29) is 40.6 Å². The molecule has 1 fully saturated rings. The predicted octanol–water partition coefficient (Wildman–Crippen LogP) is 5.05. The lowest BCUT2D eigenvalue weighted by molar-refractivity contribution is -0.151. The van der Waals surface area contributed by atoms with E-state index < -0.39 is 11.6 Å². The number of ether oxygens (including phenoxy) is 2. The molecule has 2 aromatic carbocycles. The van der Waals surface area contributed by atoms with Crippen LogP contribution in [0.5, 0.6) is 5.75 Å². The third-order valence-corrected chi connectivity index (χ3v) is 7.13. The summed E-state index contributed by atoms with van der Waals surface area (Å²) in [6, 6.07) is 14.3. The fourth-order valence-electron chi connectivity index (χ4n) is 4.99. The molecule has 3 N–H and O–H groups in total. The van der Waals surface area contributed by atoms with Crippen LogP contribution in [0.4, 0.5) is 10.2 Å². The van der Waals surface area contributed by atoms with Crippen LogP contribution in [-0.4, -0.2) is 41.6 Å². The molecule has 8 nitrogen and oxygen atoms in total. The molecule has 1 saturated carbocycles. The van der Waals surface area contributed by atoms with E-state index in [0.29, 0.717) is 43.3 Å². The van der Waals surface area contributed by atoms with Gasteiger partial charge in [0.1, 0.15) is 29.5 Å². The number of pyridine rings is 1. The Bertz CT molecular complexity index is 1380. The van der Waals surface area contributed by atoms with E-state index in [1.165, 1.54) is 41.0 Å². The second-order valence-corrected chi connectivity index (χ2v) is 10.8. The molecule has 1 aliphatic carbocycles. The average molecular weight is 564 g/mol. The Morgan fingerprint density at radius 1 is 1.02 bits per heavy atom. The quantitative estimate of drug-likeness (QED) is 0.170. The highest BCUT2D eigenvalue weighted by atomic mass is 19.1. The summed E-state index contributed by atoms with van der Waals surface area (Å²) in [5.41, 5.74) is 6.76. The molecule has 0 radical (unpaired) electrons. The summed E-state index contributed by atoms with van der Waals surface area (Å²) in [5.74, 6) is -0.0612. The molecule has 0 spiro atoms. The summed E-state index contributed by atoms with van der Waals surface area (Å²) in [6.07, 6.45) is 5.59. The van der Waals surface area contributed by atoms with Gasteiger partial charge >= 0.3 is 5.97 Å². The summed E-state index contributed by atoms with van der Waals surface area (Å²) in [4.78, 5) is 38.3.